The number of amides is 1. The molecule has 1 aliphatic carbocycles. The van der Waals surface area contributed by atoms with Crippen LogP contribution in [-0.2, 0) is 11.3 Å². The Morgan fingerprint density at radius 2 is 2.08 bits per heavy atom. The molecule has 24 heavy (non-hydrogen) atoms. The fraction of sp³-hybridized carbons (Fsp3) is 0.632. The molecule has 0 radical (unpaired) electrons. The summed E-state index contributed by atoms with van der Waals surface area (Å²) in [6, 6.07) is 5.84. The Morgan fingerprint density at radius 3 is 2.79 bits per heavy atom. The number of nitrogens with one attached hydrogen (secondary N) is 2. The normalized spacial score (nSPS) is 21.5. The maximum Gasteiger partial charge on any atom is 0.224 e. The Kier molecular flexibility index (Phi) is 5.96. The van der Waals surface area contributed by atoms with Gasteiger partial charge in [-0.3, -0.25) is 4.79 Å². The quantitative estimate of drug-likeness (QED) is 0.841. The van der Waals surface area contributed by atoms with Crippen LogP contribution in [-0.4, -0.2) is 32.2 Å². The molecule has 5 heteroatoms. The summed E-state index contributed by atoms with van der Waals surface area (Å²) in [4.78, 5) is 12.3. The molecule has 2 aliphatic rings. The Bertz CT molecular complexity index is 550. The van der Waals surface area contributed by atoms with Crippen LogP contribution in [0, 0.1) is 5.92 Å². The van der Waals surface area contributed by atoms with Gasteiger partial charge in [-0.05, 0) is 57.2 Å². The molecule has 0 spiro atoms. The second kappa shape index (κ2) is 8.38. The van der Waals surface area contributed by atoms with Gasteiger partial charge in [-0.2, -0.15) is 0 Å². The van der Waals surface area contributed by atoms with E-state index in [1.807, 2.05) is 18.2 Å². The van der Waals surface area contributed by atoms with Crippen molar-refractivity contribution < 1.29 is 14.3 Å². The third-order valence-corrected chi connectivity index (χ3v) is 4.99. The van der Waals surface area contributed by atoms with Gasteiger partial charge in [-0.15, -0.1) is 0 Å². The number of hydrogen-bond donors (Lipinski definition) is 2. The molecule has 2 N–H and O–H groups in total. The van der Waals surface area contributed by atoms with Crippen LogP contribution in [0.3, 0.4) is 0 Å². The van der Waals surface area contributed by atoms with Crippen molar-refractivity contribution in [3.63, 3.8) is 0 Å². The summed E-state index contributed by atoms with van der Waals surface area (Å²) in [5.74, 6) is 1.83. The van der Waals surface area contributed by atoms with E-state index in [4.69, 9.17) is 9.47 Å². The van der Waals surface area contributed by atoms with E-state index in [1.54, 1.807) is 7.11 Å². The molecule has 1 amide bonds. The first-order valence-corrected chi connectivity index (χ1v) is 9.08. The Morgan fingerprint density at radius 1 is 1.25 bits per heavy atom. The average Bonchev–Trinajstić information content (AvgIpc) is 3.14. The molecule has 1 aromatic rings. The molecular formula is C19H28N2O3. The average molecular weight is 332 g/mol. The van der Waals surface area contributed by atoms with Gasteiger partial charge < -0.3 is 20.1 Å². The smallest absolute Gasteiger partial charge is 0.224 e. The predicted molar refractivity (Wildman–Crippen MR) is 93.3 cm³/mol. The first kappa shape index (κ1) is 17.1. The number of benzene rings is 1. The van der Waals surface area contributed by atoms with E-state index >= 15 is 0 Å². The summed E-state index contributed by atoms with van der Waals surface area (Å²) in [5, 5.41) is 6.36. The monoisotopic (exact) mass is 332 g/mol. The van der Waals surface area contributed by atoms with E-state index in [9.17, 15) is 4.79 Å². The number of ether oxygens (including phenoxy) is 2. The van der Waals surface area contributed by atoms with Crippen molar-refractivity contribution in [2.24, 2.45) is 5.92 Å². The maximum absolute atomic E-state index is 12.3. The molecule has 1 atom stereocenters. The van der Waals surface area contributed by atoms with E-state index in [2.05, 4.69) is 10.6 Å². The van der Waals surface area contributed by atoms with E-state index in [0.29, 0.717) is 6.54 Å². The van der Waals surface area contributed by atoms with Crippen LogP contribution in [0.2, 0.25) is 0 Å². The molecule has 1 saturated heterocycles. The van der Waals surface area contributed by atoms with E-state index in [-0.39, 0.29) is 17.9 Å². The highest BCUT2D eigenvalue weighted by Gasteiger charge is 2.22. The molecule has 5 nitrogen and oxygen atoms in total. The van der Waals surface area contributed by atoms with E-state index < -0.39 is 0 Å². The Balaban J connectivity index is 1.63. The summed E-state index contributed by atoms with van der Waals surface area (Å²) in [5.41, 5.74) is 1.01. The van der Waals surface area contributed by atoms with Crippen LogP contribution in [0.25, 0.3) is 0 Å². The van der Waals surface area contributed by atoms with Crippen LogP contribution in [0.4, 0.5) is 0 Å². The minimum absolute atomic E-state index is 0.0798. The van der Waals surface area contributed by atoms with Crippen molar-refractivity contribution in [3.8, 4) is 11.5 Å². The third-order valence-electron chi connectivity index (χ3n) is 4.99. The first-order chi connectivity index (χ1) is 11.8. The Hall–Kier alpha value is -1.75. The van der Waals surface area contributed by atoms with Gasteiger partial charge in [0.1, 0.15) is 11.5 Å². The molecule has 1 heterocycles. The minimum atomic E-state index is 0.0798. The number of piperidine rings is 1. The van der Waals surface area contributed by atoms with Crippen molar-refractivity contribution in [3.05, 3.63) is 23.8 Å². The lowest BCUT2D eigenvalue weighted by molar-refractivity contribution is -0.125. The van der Waals surface area contributed by atoms with E-state index in [1.165, 1.54) is 12.8 Å². The lowest BCUT2D eigenvalue weighted by Gasteiger charge is -2.22. The predicted octanol–water partition coefficient (Wildman–Crippen LogP) is 2.63. The summed E-state index contributed by atoms with van der Waals surface area (Å²) in [6.07, 6.45) is 7.00. The summed E-state index contributed by atoms with van der Waals surface area (Å²) >= 11 is 0. The molecular weight excluding hydrogens is 304 g/mol. The second-order valence-corrected chi connectivity index (χ2v) is 6.76. The molecule has 132 valence electrons. The lowest BCUT2D eigenvalue weighted by atomic mass is 9.99. The number of hydrogen-bond acceptors (Lipinski definition) is 4. The maximum atomic E-state index is 12.3. The van der Waals surface area contributed by atoms with Crippen LogP contribution in [0.1, 0.15) is 44.1 Å². The van der Waals surface area contributed by atoms with Crippen LogP contribution < -0.4 is 20.1 Å². The van der Waals surface area contributed by atoms with Gasteiger partial charge in [0.25, 0.3) is 0 Å². The largest absolute Gasteiger partial charge is 0.497 e. The van der Waals surface area contributed by atoms with Crippen molar-refractivity contribution in [1.82, 2.24) is 10.6 Å². The number of carbonyl (C=O) groups excluding carboxylic acids is 1. The van der Waals surface area contributed by atoms with Gasteiger partial charge >= 0.3 is 0 Å². The molecule has 3 rings (SSSR count). The molecule has 1 unspecified atom stereocenters. The highest BCUT2D eigenvalue weighted by Crippen LogP contribution is 2.30. The molecule has 1 aromatic carbocycles. The van der Waals surface area contributed by atoms with Crippen LogP contribution in [0.15, 0.2) is 18.2 Å². The van der Waals surface area contributed by atoms with E-state index in [0.717, 1.165) is 55.8 Å². The molecule has 0 aromatic heterocycles. The van der Waals surface area contributed by atoms with Gasteiger partial charge in [-0.1, -0.05) is 0 Å². The van der Waals surface area contributed by atoms with Crippen molar-refractivity contribution in [1.29, 1.82) is 0 Å². The topological polar surface area (TPSA) is 59.6 Å². The van der Waals surface area contributed by atoms with Gasteiger partial charge in [0.05, 0.1) is 19.1 Å². The zero-order valence-electron chi connectivity index (χ0n) is 14.5. The Labute approximate surface area is 144 Å². The zero-order chi connectivity index (χ0) is 16.8. The number of rotatable bonds is 6. The van der Waals surface area contributed by atoms with Crippen molar-refractivity contribution in [2.45, 2.75) is 51.2 Å². The van der Waals surface area contributed by atoms with Gasteiger partial charge in [0, 0.05) is 24.7 Å². The number of carbonyl (C=O) groups is 1. The molecule has 2 fully saturated rings. The van der Waals surface area contributed by atoms with Crippen LogP contribution in [0.5, 0.6) is 11.5 Å². The molecule has 1 aliphatic heterocycles. The fourth-order valence-electron chi connectivity index (χ4n) is 3.51. The first-order valence-electron chi connectivity index (χ1n) is 9.08. The van der Waals surface area contributed by atoms with Gasteiger partial charge in [-0.25, -0.2) is 0 Å². The lowest BCUT2D eigenvalue weighted by Crippen LogP contribution is -2.40. The standard InChI is InChI=1S/C19H28N2O3/c1-23-17-9-8-14(18(11-17)24-16-6-2-3-7-16)13-21-19(22)15-5-4-10-20-12-15/h8-9,11,15-16,20H,2-7,10,12-13H2,1H3,(H,21,22). The SMILES string of the molecule is COc1ccc(CNC(=O)C2CCCNC2)c(OC2CCCC2)c1. The van der Waals surface area contributed by atoms with Crippen LogP contribution >= 0.6 is 0 Å². The fourth-order valence-corrected chi connectivity index (χ4v) is 3.51. The highest BCUT2D eigenvalue weighted by molar-refractivity contribution is 5.79. The summed E-state index contributed by atoms with van der Waals surface area (Å²) in [7, 11) is 1.66. The highest BCUT2D eigenvalue weighted by atomic mass is 16.5. The summed E-state index contributed by atoms with van der Waals surface area (Å²) < 4.78 is 11.5. The summed E-state index contributed by atoms with van der Waals surface area (Å²) in [6.45, 7) is 2.29. The van der Waals surface area contributed by atoms with Crippen molar-refractivity contribution in [2.75, 3.05) is 20.2 Å². The third kappa shape index (κ3) is 4.41. The second-order valence-electron chi connectivity index (χ2n) is 6.76. The number of methoxy groups -OCH3 is 1. The van der Waals surface area contributed by atoms with Gasteiger partial charge in [0.15, 0.2) is 0 Å². The van der Waals surface area contributed by atoms with Crippen molar-refractivity contribution >= 4 is 5.91 Å². The molecule has 1 saturated carbocycles. The van der Waals surface area contributed by atoms with Gasteiger partial charge in [0.2, 0.25) is 5.91 Å². The minimum Gasteiger partial charge on any atom is -0.497 e. The molecule has 0 bridgehead atoms. The zero-order valence-corrected chi connectivity index (χ0v) is 14.5.